The van der Waals surface area contributed by atoms with E-state index in [-0.39, 0.29) is 16.4 Å². The largest absolute Gasteiger partial charge is 0.468 e. The predicted molar refractivity (Wildman–Crippen MR) is 118 cm³/mol. The van der Waals surface area contributed by atoms with Gasteiger partial charge in [0.15, 0.2) is 0 Å². The Labute approximate surface area is 192 Å². The van der Waals surface area contributed by atoms with Gasteiger partial charge in [0.05, 0.1) is 29.5 Å². The molecule has 2 amide bonds. The lowest BCUT2D eigenvalue weighted by Crippen LogP contribution is -2.44. The summed E-state index contributed by atoms with van der Waals surface area (Å²) in [6, 6.07) is 13.8. The monoisotopic (exact) mass is 473 g/mol. The van der Waals surface area contributed by atoms with Crippen LogP contribution in [0.4, 0.5) is 10.1 Å². The third kappa shape index (κ3) is 5.28. The highest BCUT2D eigenvalue weighted by molar-refractivity contribution is 8.03. The number of halogens is 2. The molecular formula is C22H17ClFN3O4S. The van der Waals surface area contributed by atoms with Crippen LogP contribution in [0.15, 0.2) is 59.1 Å². The molecule has 0 fully saturated rings. The van der Waals surface area contributed by atoms with E-state index in [1.54, 1.807) is 24.3 Å². The van der Waals surface area contributed by atoms with Crippen molar-refractivity contribution in [2.75, 3.05) is 18.2 Å². The van der Waals surface area contributed by atoms with E-state index in [9.17, 15) is 24.0 Å². The van der Waals surface area contributed by atoms with Crippen LogP contribution < -0.4 is 10.6 Å². The second kappa shape index (κ2) is 10.3. The number of anilines is 1. The van der Waals surface area contributed by atoms with Crippen molar-refractivity contribution in [3.63, 3.8) is 0 Å². The minimum atomic E-state index is -1.27. The van der Waals surface area contributed by atoms with Crippen LogP contribution in [0.5, 0.6) is 0 Å². The van der Waals surface area contributed by atoms with E-state index in [1.807, 2.05) is 0 Å². The van der Waals surface area contributed by atoms with Crippen LogP contribution in [0.3, 0.4) is 0 Å². The van der Waals surface area contributed by atoms with Crippen molar-refractivity contribution in [1.82, 2.24) is 5.32 Å². The summed E-state index contributed by atoms with van der Waals surface area (Å²) >= 11 is 6.89. The van der Waals surface area contributed by atoms with Crippen molar-refractivity contribution in [2.24, 2.45) is 5.92 Å². The summed E-state index contributed by atoms with van der Waals surface area (Å²) in [6.07, 6.45) is 0. The Balaban J connectivity index is 1.87. The van der Waals surface area contributed by atoms with Crippen LogP contribution in [0, 0.1) is 23.1 Å². The summed E-state index contributed by atoms with van der Waals surface area (Å²) in [4.78, 5) is 37.4. The van der Waals surface area contributed by atoms with E-state index in [1.165, 1.54) is 24.3 Å². The molecule has 1 aliphatic rings. The van der Waals surface area contributed by atoms with E-state index < -0.39 is 35.4 Å². The van der Waals surface area contributed by atoms with Gasteiger partial charge in [0.1, 0.15) is 11.7 Å². The molecule has 3 rings (SSSR count). The molecule has 164 valence electrons. The highest BCUT2D eigenvalue weighted by Gasteiger charge is 2.44. The molecule has 1 heterocycles. The fourth-order valence-corrected chi connectivity index (χ4v) is 4.19. The van der Waals surface area contributed by atoms with Crippen molar-refractivity contribution in [3.05, 3.63) is 75.5 Å². The van der Waals surface area contributed by atoms with Gasteiger partial charge in [-0.3, -0.25) is 14.4 Å². The molecule has 0 unspecified atom stereocenters. The van der Waals surface area contributed by atoms with E-state index in [0.29, 0.717) is 16.3 Å². The van der Waals surface area contributed by atoms with Crippen molar-refractivity contribution in [3.8, 4) is 6.07 Å². The van der Waals surface area contributed by atoms with Gasteiger partial charge in [-0.2, -0.15) is 5.26 Å². The van der Waals surface area contributed by atoms with Gasteiger partial charge in [0, 0.05) is 16.6 Å². The van der Waals surface area contributed by atoms with E-state index >= 15 is 0 Å². The van der Waals surface area contributed by atoms with E-state index in [2.05, 4.69) is 16.7 Å². The number of ether oxygens (including phenoxy) is 1. The Hall–Kier alpha value is -3.35. The van der Waals surface area contributed by atoms with Gasteiger partial charge in [-0.25, -0.2) is 4.39 Å². The molecule has 10 heteroatoms. The smallest absolute Gasteiger partial charge is 0.319 e. The van der Waals surface area contributed by atoms with Crippen LogP contribution >= 0.6 is 23.4 Å². The minimum absolute atomic E-state index is 0.127. The van der Waals surface area contributed by atoms with Crippen LogP contribution in [0.1, 0.15) is 11.5 Å². The van der Waals surface area contributed by atoms with Crippen molar-refractivity contribution >= 4 is 46.8 Å². The van der Waals surface area contributed by atoms with Crippen molar-refractivity contribution in [2.45, 2.75) is 5.92 Å². The Bertz CT molecular complexity index is 1110. The number of carbonyl (C=O) groups is 3. The normalized spacial score (nSPS) is 17.9. The molecule has 0 aliphatic carbocycles. The number of nitrogens with zero attached hydrogens (tertiary/aromatic N) is 1. The first-order valence-corrected chi connectivity index (χ1v) is 10.7. The topological polar surface area (TPSA) is 108 Å². The second-order valence-electron chi connectivity index (χ2n) is 6.72. The number of methoxy groups -OCH3 is 1. The quantitative estimate of drug-likeness (QED) is 0.490. The van der Waals surface area contributed by atoms with Gasteiger partial charge >= 0.3 is 5.97 Å². The highest BCUT2D eigenvalue weighted by atomic mass is 35.5. The number of benzene rings is 2. The summed E-state index contributed by atoms with van der Waals surface area (Å²) in [5, 5.41) is 15.6. The summed E-state index contributed by atoms with van der Waals surface area (Å²) in [6.45, 7) is 0. The SMILES string of the molecule is COC(=O)[C@@H]1C(=O)NC(SCC(=O)Nc2ccc(F)cc2)=C(C#N)[C@H]1c1ccc(Cl)cc1. The molecule has 0 aromatic heterocycles. The number of nitrogens with one attached hydrogen (secondary N) is 2. The number of carbonyl (C=O) groups excluding carboxylic acids is 3. The summed E-state index contributed by atoms with van der Waals surface area (Å²) in [5.74, 6) is -4.58. The molecule has 2 aromatic rings. The zero-order chi connectivity index (χ0) is 23.3. The number of thioether (sulfide) groups is 1. The Morgan fingerprint density at radius 2 is 1.88 bits per heavy atom. The molecule has 0 saturated heterocycles. The molecular weight excluding hydrogens is 457 g/mol. The highest BCUT2D eigenvalue weighted by Crippen LogP contribution is 2.40. The molecule has 2 atom stereocenters. The number of hydrogen-bond acceptors (Lipinski definition) is 6. The Morgan fingerprint density at radius 1 is 1.22 bits per heavy atom. The fourth-order valence-electron chi connectivity index (χ4n) is 3.22. The van der Waals surface area contributed by atoms with E-state index in [0.717, 1.165) is 18.9 Å². The fraction of sp³-hybridized carbons (Fsp3) is 0.182. The van der Waals surface area contributed by atoms with Crippen LogP contribution in [-0.2, 0) is 19.1 Å². The number of rotatable bonds is 6. The van der Waals surface area contributed by atoms with Crippen LogP contribution in [0.25, 0.3) is 0 Å². The molecule has 1 aliphatic heterocycles. The molecule has 0 radical (unpaired) electrons. The molecule has 0 bridgehead atoms. The van der Waals surface area contributed by atoms with Gasteiger partial charge < -0.3 is 15.4 Å². The average Bonchev–Trinajstić information content (AvgIpc) is 2.78. The van der Waals surface area contributed by atoms with E-state index in [4.69, 9.17) is 16.3 Å². The summed E-state index contributed by atoms with van der Waals surface area (Å²) in [5.41, 5.74) is 1.07. The number of allylic oxidation sites excluding steroid dienone is 1. The number of nitriles is 1. The first-order chi connectivity index (χ1) is 15.3. The Morgan fingerprint density at radius 3 is 2.47 bits per heavy atom. The standard InChI is InChI=1S/C22H17ClFN3O4S/c1-31-22(30)19-18(12-2-4-13(23)5-3-12)16(10-25)21(27-20(19)29)32-11-17(28)26-15-8-6-14(24)7-9-15/h2-9,18-19H,11H2,1H3,(H,26,28)(H,27,29)/t18-,19+/m1/s1. The average molecular weight is 474 g/mol. The third-order valence-electron chi connectivity index (χ3n) is 4.69. The zero-order valence-electron chi connectivity index (χ0n) is 16.7. The molecule has 7 nitrogen and oxygen atoms in total. The lowest BCUT2D eigenvalue weighted by Gasteiger charge is -2.30. The molecule has 0 spiro atoms. The molecule has 2 aromatic carbocycles. The van der Waals surface area contributed by atoms with Crippen LogP contribution in [0.2, 0.25) is 5.02 Å². The first kappa shape index (κ1) is 23.3. The van der Waals surface area contributed by atoms with Gasteiger partial charge in [0.25, 0.3) is 0 Å². The molecule has 2 N–H and O–H groups in total. The maximum Gasteiger partial charge on any atom is 0.319 e. The van der Waals surface area contributed by atoms with Crippen molar-refractivity contribution in [1.29, 1.82) is 5.26 Å². The molecule has 32 heavy (non-hydrogen) atoms. The Kier molecular flexibility index (Phi) is 7.51. The van der Waals surface area contributed by atoms with Crippen LogP contribution in [-0.4, -0.2) is 30.6 Å². The number of esters is 1. The number of amides is 2. The predicted octanol–water partition coefficient (Wildman–Crippen LogP) is 3.59. The number of hydrogen-bond donors (Lipinski definition) is 2. The zero-order valence-corrected chi connectivity index (χ0v) is 18.3. The minimum Gasteiger partial charge on any atom is -0.468 e. The van der Waals surface area contributed by atoms with Gasteiger partial charge in [-0.15, -0.1) is 0 Å². The maximum atomic E-state index is 13.0. The summed E-state index contributed by atoms with van der Waals surface area (Å²) < 4.78 is 17.8. The third-order valence-corrected chi connectivity index (χ3v) is 5.96. The second-order valence-corrected chi connectivity index (χ2v) is 8.14. The summed E-state index contributed by atoms with van der Waals surface area (Å²) in [7, 11) is 1.16. The lowest BCUT2D eigenvalue weighted by molar-refractivity contribution is -0.150. The lowest BCUT2D eigenvalue weighted by atomic mass is 9.78. The van der Waals surface area contributed by atoms with Gasteiger partial charge in [-0.05, 0) is 42.0 Å². The van der Waals surface area contributed by atoms with Gasteiger partial charge in [-0.1, -0.05) is 35.5 Å². The maximum absolute atomic E-state index is 13.0. The molecule has 0 saturated carbocycles. The first-order valence-electron chi connectivity index (χ1n) is 9.30. The van der Waals surface area contributed by atoms with Crippen molar-refractivity contribution < 1.29 is 23.5 Å². The van der Waals surface area contributed by atoms with Gasteiger partial charge in [0.2, 0.25) is 11.8 Å².